The maximum atomic E-state index is 10.3. The molecule has 1 unspecified atom stereocenters. The average Bonchev–Trinajstić information content (AvgIpc) is 1.48. The van der Waals surface area contributed by atoms with E-state index >= 15 is 0 Å². The molecular weight excluding hydrogens is 206 g/mol. The number of aliphatic hydroxyl groups is 1. The molecule has 5 nitrogen and oxygen atoms in total. The van der Waals surface area contributed by atoms with Crippen molar-refractivity contribution in [2.45, 2.75) is 33.0 Å². The Bertz CT molecular complexity index is 187. The third-order valence-electron chi connectivity index (χ3n) is 1.10. The van der Waals surface area contributed by atoms with Gasteiger partial charge in [0.05, 0.1) is 0 Å². The second kappa shape index (κ2) is 5.83. The van der Waals surface area contributed by atoms with Gasteiger partial charge in [0.25, 0.3) is 0 Å². The van der Waals surface area contributed by atoms with Crippen LogP contribution in [0.2, 0.25) is 0 Å². The zero-order valence-electron chi connectivity index (χ0n) is 7.39. The standard InChI is InChI=1S/C6H15O5P.Na.H/c1-5(2)4-6(3,7)11-12(8,9)10;;/h5,7H,4H2,1-3H3,(H2,8,9,10);;. The molecule has 0 bridgehead atoms. The molecule has 13 heavy (non-hydrogen) atoms. The number of rotatable bonds is 4. The number of phosphoric ester groups is 1. The summed E-state index contributed by atoms with van der Waals surface area (Å²) in [4.78, 5) is 16.8. The summed E-state index contributed by atoms with van der Waals surface area (Å²) in [5, 5.41) is 9.31. The van der Waals surface area contributed by atoms with E-state index < -0.39 is 13.6 Å². The molecule has 7 heteroatoms. The molecule has 0 amide bonds. The Morgan fingerprint density at radius 2 is 1.85 bits per heavy atom. The molecule has 0 aliphatic heterocycles. The Morgan fingerprint density at radius 1 is 1.46 bits per heavy atom. The molecule has 0 fully saturated rings. The van der Waals surface area contributed by atoms with Crippen LogP contribution in [-0.2, 0) is 9.09 Å². The quantitative estimate of drug-likeness (QED) is 0.359. The van der Waals surface area contributed by atoms with Gasteiger partial charge in [-0.05, 0) is 12.8 Å². The number of hydrogen-bond donors (Lipinski definition) is 3. The summed E-state index contributed by atoms with van der Waals surface area (Å²) in [7, 11) is -4.59. The second-order valence-corrected chi connectivity index (χ2v) is 4.52. The minimum atomic E-state index is -4.59. The minimum absolute atomic E-state index is 0. The fourth-order valence-electron chi connectivity index (χ4n) is 1.05. The fourth-order valence-corrected chi connectivity index (χ4v) is 1.64. The summed E-state index contributed by atoms with van der Waals surface area (Å²) in [5.41, 5.74) is 0. The summed E-state index contributed by atoms with van der Waals surface area (Å²) in [6.45, 7) is 4.86. The summed E-state index contributed by atoms with van der Waals surface area (Å²) in [5.74, 6) is -1.65. The monoisotopic (exact) mass is 222 g/mol. The van der Waals surface area contributed by atoms with Crippen LogP contribution >= 0.6 is 7.82 Å². The van der Waals surface area contributed by atoms with Crippen LogP contribution in [0.15, 0.2) is 0 Å². The van der Waals surface area contributed by atoms with Crippen LogP contribution in [0.25, 0.3) is 0 Å². The molecule has 0 aliphatic carbocycles. The molecule has 0 saturated carbocycles. The normalized spacial score (nSPS) is 16.5. The van der Waals surface area contributed by atoms with Crippen molar-refractivity contribution in [1.29, 1.82) is 0 Å². The van der Waals surface area contributed by atoms with E-state index in [0.29, 0.717) is 0 Å². The molecule has 76 valence electrons. The van der Waals surface area contributed by atoms with Crippen LogP contribution < -0.4 is 0 Å². The van der Waals surface area contributed by atoms with E-state index in [4.69, 9.17) is 9.79 Å². The van der Waals surface area contributed by atoms with Gasteiger partial charge in [-0.15, -0.1) is 0 Å². The Labute approximate surface area is 100 Å². The molecule has 0 radical (unpaired) electrons. The van der Waals surface area contributed by atoms with E-state index in [-0.39, 0.29) is 41.9 Å². The van der Waals surface area contributed by atoms with Crippen molar-refractivity contribution >= 4 is 37.4 Å². The molecule has 0 aromatic carbocycles. The van der Waals surface area contributed by atoms with Crippen molar-refractivity contribution in [3.8, 4) is 0 Å². The van der Waals surface area contributed by atoms with Crippen molar-refractivity contribution < 1.29 is 24.0 Å². The van der Waals surface area contributed by atoms with Gasteiger partial charge in [0.15, 0.2) is 5.79 Å². The van der Waals surface area contributed by atoms with E-state index in [1.807, 2.05) is 13.8 Å². The van der Waals surface area contributed by atoms with Crippen molar-refractivity contribution in [1.82, 2.24) is 0 Å². The molecule has 3 N–H and O–H groups in total. The van der Waals surface area contributed by atoms with Gasteiger partial charge in [-0.3, -0.25) is 4.52 Å². The summed E-state index contributed by atoms with van der Waals surface area (Å²) in [6, 6.07) is 0. The van der Waals surface area contributed by atoms with Crippen LogP contribution in [0.4, 0.5) is 0 Å². The Morgan fingerprint density at radius 3 is 2.08 bits per heavy atom. The summed E-state index contributed by atoms with van der Waals surface area (Å²) in [6.07, 6.45) is 0.179. The van der Waals surface area contributed by atoms with E-state index in [1.165, 1.54) is 6.92 Å². The third kappa shape index (κ3) is 11.0. The van der Waals surface area contributed by atoms with Crippen molar-refractivity contribution in [3.05, 3.63) is 0 Å². The maximum absolute atomic E-state index is 10.3. The molecule has 0 aromatic heterocycles. The van der Waals surface area contributed by atoms with Gasteiger partial charge in [-0.25, -0.2) is 4.57 Å². The third-order valence-corrected chi connectivity index (χ3v) is 1.73. The Kier molecular flexibility index (Phi) is 7.40. The van der Waals surface area contributed by atoms with Gasteiger partial charge in [0.1, 0.15) is 0 Å². The number of phosphoric acid groups is 1. The van der Waals surface area contributed by atoms with Gasteiger partial charge in [-0.2, -0.15) is 0 Å². The van der Waals surface area contributed by atoms with Crippen LogP contribution in [0, 0.1) is 5.92 Å². The zero-order chi connectivity index (χ0) is 9.99. The predicted molar refractivity (Wildman–Crippen MR) is 50.4 cm³/mol. The average molecular weight is 222 g/mol. The van der Waals surface area contributed by atoms with E-state index in [0.717, 1.165) is 0 Å². The second-order valence-electron chi connectivity index (χ2n) is 3.35. The van der Waals surface area contributed by atoms with Crippen molar-refractivity contribution in [2.24, 2.45) is 5.92 Å². The first-order chi connectivity index (χ1) is 5.12. The first-order valence-electron chi connectivity index (χ1n) is 3.61. The molecule has 1 atom stereocenters. The molecular formula is C6H16NaO5P. The summed E-state index contributed by atoms with van der Waals surface area (Å²) >= 11 is 0. The fraction of sp³-hybridized carbons (Fsp3) is 1.00. The van der Waals surface area contributed by atoms with Crippen LogP contribution in [0.5, 0.6) is 0 Å². The first kappa shape index (κ1) is 16.5. The van der Waals surface area contributed by atoms with E-state index in [9.17, 15) is 9.67 Å². The van der Waals surface area contributed by atoms with Crippen LogP contribution in [0.1, 0.15) is 27.2 Å². The number of hydrogen-bond acceptors (Lipinski definition) is 3. The van der Waals surface area contributed by atoms with Gasteiger partial charge in [0.2, 0.25) is 0 Å². The topological polar surface area (TPSA) is 87.0 Å². The van der Waals surface area contributed by atoms with E-state index in [1.54, 1.807) is 0 Å². The van der Waals surface area contributed by atoms with Crippen LogP contribution in [0.3, 0.4) is 0 Å². The van der Waals surface area contributed by atoms with Gasteiger partial charge >= 0.3 is 37.4 Å². The van der Waals surface area contributed by atoms with Gasteiger partial charge in [0, 0.05) is 6.42 Å². The molecule has 0 aliphatic rings. The van der Waals surface area contributed by atoms with Crippen LogP contribution in [-0.4, -0.2) is 50.2 Å². The Hall–Kier alpha value is 1.07. The van der Waals surface area contributed by atoms with Crippen molar-refractivity contribution in [2.75, 3.05) is 0 Å². The predicted octanol–water partition coefficient (Wildman–Crippen LogP) is 0.202. The van der Waals surface area contributed by atoms with E-state index in [2.05, 4.69) is 4.52 Å². The van der Waals surface area contributed by atoms with Crippen molar-refractivity contribution in [3.63, 3.8) is 0 Å². The SMILES string of the molecule is CC(C)CC(C)(O)OP(=O)(O)O.[NaH]. The zero-order valence-corrected chi connectivity index (χ0v) is 8.28. The molecule has 0 aromatic rings. The van der Waals surface area contributed by atoms with Gasteiger partial charge in [-0.1, -0.05) is 13.8 Å². The first-order valence-corrected chi connectivity index (χ1v) is 5.14. The summed E-state index contributed by atoms with van der Waals surface area (Å²) < 4.78 is 14.5. The molecule has 0 saturated heterocycles. The Balaban J connectivity index is 0. The molecule has 0 spiro atoms. The van der Waals surface area contributed by atoms with Gasteiger partial charge < -0.3 is 14.9 Å². The molecule has 0 rings (SSSR count). The molecule has 0 heterocycles.